The Balaban J connectivity index is 3.81. The Morgan fingerprint density at radius 3 is 2.00 bits per heavy atom. The Morgan fingerprint density at radius 1 is 1.50 bits per heavy atom. The SMILES string of the molecule is CC(O)C(=O)O[Si](C)(C)C. The largest absolute Gasteiger partial charge is 0.518 e. The van der Waals surface area contributed by atoms with Crippen molar-refractivity contribution in [3.8, 4) is 0 Å². The van der Waals surface area contributed by atoms with E-state index >= 15 is 0 Å². The van der Waals surface area contributed by atoms with Gasteiger partial charge < -0.3 is 9.53 Å². The summed E-state index contributed by atoms with van der Waals surface area (Å²) in [6, 6.07) is 0. The summed E-state index contributed by atoms with van der Waals surface area (Å²) in [5.74, 6) is -0.515. The van der Waals surface area contributed by atoms with Crippen LogP contribution in [-0.4, -0.2) is 25.5 Å². The summed E-state index contributed by atoms with van der Waals surface area (Å²) in [5.41, 5.74) is 0. The molecule has 0 rings (SSSR count). The number of hydrogen-bond acceptors (Lipinski definition) is 3. The molecule has 10 heavy (non-hydrogen) atoms. The number of carbonyl (C=O) groups is 1. The summed E-state index contributed by atoms with van der Waals surface area (Å²) in [5, 5.41) is 8.73. The van der Waals surface area contributed by atoms with E-state index in [1.54, 1.807) is 0 Å². The van der Waals surface area contributed by atoms with Crippen molar-refractivity contribution in [3.63, 3.8) is 0 Å². The maximum atomic E-state index is 10.7. The average Bonchev–Trinajstić information content (AvgIpc) is 1.60. The van der Waals surface area contributed by atoms with Crippen molar-refractivity contribution >= 4 is 14.3 Å². The molecule has 0 radical (unpaired) electrons. The molecule has 0 saturated heterocycles. The van der Waals surface area contributed by atoms with Gasteiger partial charge in [0.15, 0.2) is 0 Å². The summed E-state index contributed by atoms with van der Waals surface area (Å²) in [7, 11) is -1.79. The summed E-state index contributed by atoms with van der Waals surface area (Å²) < 4.78 is 4.95. The molecule has 0 aliphatic carbocycles. The number of carbonyl (C=O) groups excluding carboxylic acids is 1. The maximum absolute atomic E-state index is 10.7. The Labute approximate surface area is 62.1 Å². The van der Waals surface area contributed by atoms with Crippen LogP contribution in [0.3, 0.4) is 0 Å². The van der Waals surface area contributed by atoms with Gasteiger partial charge in [0.1, 0.15) is 6.10 Å². The van der Waals surface area contributed by atoms with Crippen molar-refractivity contribution in [1.29, 1.82) is 0 Å². The van der Waals surface area contributed by atoms with Crippen LogP contribution in [0.25, 0.3) is 0 Å². The van der Waals surface area contributed by atoms with E-state index in [9.17, 15) is 4.79 Å². The van der Waals surface area contributed by atoms with Crippen molar-refractivity contribution in [2.75, 3.05) is 0 Å². The van der Waals surface area contributed by atoms with Gasteiger partial charge in [-0.15, -0.1) is 0 Å². The average molecular weight is 162 g/mol. The fourth-order valence-corrected chi connectivity index (χ4v) is 1.16. The second kappa shape index (κ2) is 3.16. The minimum Gasteiger partial charge on any atom is -0.518 e. The molecule has 0 bridgehead atoms. The molecule has 0 spiro atoms. The molecule has 0 amide bonds. The molecule has 3 nitrogen and oxygen atoms in total. The Bertz CT molecular complexity index is 125. The van der Waals surface area contributed by atoms with Crippen LogP contribution < -0.4 is 0 Å². The Hall–Kier alpha value is -0.353. The lowest BCUT2D eigenvalue weighted by atomic mass is 10.4. The van der Waals surface area contributed by atoms with E-state index < -0.39 is 20.4 Å². The topological polar surface area (TPSA) is 46.5 Å². The van der Waals surface area contributed by atoms with E-state index in [1.165, 1.54) is 6.92 Å². The van der Waals surface area contributed by atoms with Gasteiger partial charge in [-0.1, -0.05) is 0 Å². The highest BCUT2D eigenvalue weighted by atomic mass is 28.4. The van der Waals surface area contributed by atoms with Crippen LogP contribution >= 0.6 is 0 Å². The lowest BCUT2D eigenvalue weighted by Gasteiger charge is -2.18. The molecular weight excluding hydrogens is 148 g/mol. The number of hydrogen-bond donors (Lipinski definition) is 1. The summed E-state index contributed by atoms with van der Waals surface area (Å²) in [4.78, 5) is 10.7. The first kappa shape index (κ1) is 9.65. The molecule has 0 aromatic rings. The standard InChI is InChI=1S/C6H14O3Si/c1-5(7)6(8)9-10(2,3)4/h5,7H,1-4H3. The van der Waals surface area contributed by atoms with Crippen LogP contribution in [-0.2, 0) is 9.22 Å². The van der Waals surface area contributed by atoms with Gasteiger partial charge in [-0.3, -0.25) is 4.79 Å². The molecule has 0 heterocycles. The Kier molecular flexibility index (Phi) is 3.05. The zero-order valence-corrected chi connectivity index (χ0v) is 7.84. The van der Waals surface area contributed by atoms with Gasteiger partial charge in [0.05, 0.1) is 0 Å². The molecule has 60 valence electrons. The first-order valence-electron chi connectivity index (χ1n) is 3.24. The van der Waals surface area contributed by atoms with Crippen LogP contribution in [0.2, 0.25) is 19.6 Å². The van der Waals surface area contributed by atoms with Crippen molar-refractivity contribution in [2.24, 2.45) is 0 Å². The van der Waals surface area contributed by atoms with Crippen molar-refractivity contribution in [1.82, 2.24) is 0 Å². The van der Waals surface area contributed by atoms with Gasteiger partial charge in [-0.2, -0.15) is 0 Å². The molecule has 1 atom stereocenters. The molecule has 0 aromatic carbocycles. The summed E-state index contributed by atoms with van der Waals surface area (Å²) in [6.07, 6.45) is -0.994. The summed E-state index contributed by atoms with van der Waals surface area (Å²) >= 11 is 0. The van der Waals surface area contributed by atoms with Gasteiger partial charge in [0.2, 0.25) is 8.32 Å². The van der Waals surface area contributed by atoms with Gasteiger partial charge in [-0.25, -0.2) is 0 Å². The van der Waals surface area contributed by atoms with Gasteiger partial charge in [-0.05, 0) is 26.6 Å². The van der Waals surface area contributed by atoms with Crippen LogP contribution in [0.4, 0.5) is 0 Å². The second-order valence-electron chi connectivity index (χ2n) is 3.21. The molecule has 0 aliphatic heterocycles. The smallest absolute Gasteiger partial charge is 0.321 e. The van der Waals surface area contributed by atoms with E-state index in [4.69, 9.17) is 9.53 Å². The van der Waals surface area contributed by atoms with Gasteiger partial charge in [0, 0.05) is 0 Å². The predicted molar refractivity (Wildman–Crippen MR) is 41.1 cm³/mol. The molecule has 0 fully saturated rings. The van der Waals surface area contributed by atoms with E-state index in [0.717, 1.165) is 0 Å². The highest BCUT2D eigenvalue weighted by Crippen LogP contribution is 2.03. The fourth-order valence-electron chi connectivity index (χ4n) is 0.387. The summed E-state index contributed by atoms with van der Waals surface area (Å²) in [6.45, 7) is 7.09. The number of aliphatic hydroxyl groups is 1. The third kappa shape index (κ3) is 4.52. The van der Waals surface area contributed by atoms with Crippen LogP contribution in [0, 0.1) is 0 Å². The predicted octanol–water partition coefficient (Wildman–Crippen LogP) is 0.745. The molecule has 0 aliphatic rings. The fraction of sp³-hybridized carbons (Fsp3) is 0.833. The molecule has 1 unspecified atom stereocenters. The zero-order chi connectivity index (χ0) is 8.36. The molecule has 0 aromatic heterocycles. The van der Waals surface area contributed by atoms with Crippen molar-refractivity contribution in [3.05, 3.63) is 0 Å². The maximum Gasteiger partial charge on any atom is 0.321 e. The number of aliphatic hydroxyl groups excluding tert-OH is 1. The van der Waals surface area contributed by atoms with Crippen molar-refractivity contribution < 1.29 is 14.3 Å². The molecular formula is C6H14O3Si. The van der Waals surface area contributed by atoms with Crippen LogP contribution in [0.15, 0.2) is 0 Å². The zero-order valence-electron chi connectivity index (χ0n) is 6.84. The number of rotatable bonds is 2. The molecule has 4 heteroatoms. The monoisotopic (exact) mass is 162 g/mol. The van der Waals surface area contributed by atoms with E-state index in [1.807, 2.05) is 19.6 Å². The second-order valence-corrected chi connectivity index (χ2v) is 7.64. The third-order valence-corrected chi connectivity index (χ3v) is 1.56. The normalized spacial score (nSPS) is 14.5. The first-order valence-corrected chi connectivity index (χ1v) is 6.64. The lowest BCUT2D eigenvalue weighted by molar-refractivity contribution is -0.143. The van der Waals surface area contributed by atoms with E-state index in [0.29, 0.717) is 0 Å². The van der Waals surface area contributed by atoms with Gasteiger partial charge in [0.25, 0.3) is 0 Å². The minimum atomic E-state index is -1.79. The van der Waals surface area contributed by atoms with Crippen molar-refractivity contribution in [2.45, 2.75) is 32.7 Å². The lowest BCUT2D eigenvalue weighted by Crippen LogP contribution is -2.33. The third-order valence-electron chi connectivity index (χ3n) is 0.748. The van der Waals surface area contributed by atoms with E-state index in [2.05, 4.69) is 0 Å². The minimum absolute atomic E-state index is 0.515. The highest BCUT2D eigenvalue weighted by Gasteiger charge is 2.22. The molecule has 1 N–H and O–H groups in total. The highest BCUT2D eigenvalue weighted by molar-refractivity contribution is 6.71. The molecule has 0 saturated carbocycles. The van der Waals surface area contributed by atoms with Gasteiger partial charge >= 0.3 is 5.97 Å². The quantitative estimate of drug-likeness (QED) is 0.609. The van der Waals surface area contributed by atoms with Crippen LogP contribution in [0.1, 0.15) is 6.92 Å². The Morgan fingerprint density at radius 2 is 1.90 bits per heavy atom. The first-order chi connectivity index (χ1) is 4.33. The van der Waals surface area contributed by atoms with E-state index in [-0.39, 0.29) is 0 Å². The van der Waals surface area contributed by atoms with Crippen LogP contribution in [0.5, 0.6) is 0 Å².